The van der Waals surface area contributed by atoms with E-state index in [4.69, 9.17) is 0 Å². The summed E-state index contributed by atoms with van der Waals surface area (Å²) < 4.78 is 31.3. The second-order valence-corrected chi connectivity index (χ2v) is 10.1. The van der Waals surface area contributed by atoms with E-state index in [2.05, 4.69) is 25.3 Å². The van der Waals surface area contributed by atoms with Gasteiger partial charge in [-0.05, 0) is 42.5 Å². The number of aliphatic hydroxyl groups is 1. The molecule has 2 aromatic carbocycles. The molecule has 0 spiro atoms. The smallest absolute Gasteiger partial charge is 0.413 e. The number of imidazole rings is 1. The van der Waals surface area contributed by atoms with Crippen LogP contribution in [0.3, 0.4) is 0 Å². The van der Waals surface area contributed by atoms with Gasteiger partial charge in [-0.25, -0.2) is 18.2 Å². The average molecular weight is 474 g/mol. The van der Waals surface area contributed by atoms with E-state index in [0.717, 1.165) is 5.56 Å². The first-order valence-corrected chi connectivity index (χ1v) is 12.1. The third kappa shape index (κ3) is 6.31. The number of carbonyl (C=O) groups excluding carboxylic acids is 1. The highest BCUT2D eigenvalue weighted by atomic mass is 32.2. The number of carbonyl (C=O) groups is 1. The van der Waals surface area contributed by atoms with Gasteiger partial charge in [0.05, 0.1) is 29.1 Å². The zero-order chi connectivity index (χ0) is 24.0. The highest BCUT2D eigenvalue weighted by molar-refractivity contribution is 7.92. The molecule has 1 radical (unpaired) electrons. The summed E-state index contributed by atoms with van der Waals surface area (Å²) in [5.74, 6) is -0.0928. The minimum atomic E-state index is -3.78. The summed E-state index contributed by atoms with van der Waals surface area (Å²) in [5, 5.41) is 14.9. The largest absolute Gasteiger partial charge is 0.453 e. The number of hydrogen-bond donors (Lipinski definition) is 4. The Morgan fingerprint density at radius 1 is 1.21 bits per heavy atom. The molecule has 33 heavy (non-hydrogen) atoms. The van der Waals surface area contributed by atoms with Gasteiger partial charge >= 0.3 is 6.09 Å². The van der Waals surface area contributed by atoms with Crippen molar-refractivity contribution < 1.29 is 23.1 Å². The van der Waals surface area contributed by atoms with Crippen LogP contribution in [0.2, 0.25) is 0 Å². The number of rotatable bonds is 10. The minimum absolute atomic E-state index is 0.0973. The number of methoxy groups -OCH3 is 1. The van der Waals surface area contributed by atoms with Crippen LogP contribution in [0, 0.1) is 12.3 Å². The number of nitrogens with zero attached hydrogens (tertiary/aromatic N) is 1. The molecule has 0 bridgehead atoms. The highest BCUT2D eigenvalue weighted by Gasteiger charge is 2.31. The second-order valence-electron chi connectivity index (χ2n) is 7.99. The van der Waals surface area contributed by atoms with Crippen LogP contribution < -0.4 is 10.6 Å². The average Bonchev–Trinajstić information content (AvgIpc) is 3.19. The maximum atomic E-state index is 13.4. The Labute approximate surface area is 193 Å². The Morgan fingerprint density at radius 2 is 1.94 bits per heavy atom. The predicted molar refractivity (Wildman–Crippen MR) is 126 cm³/mol. The number of sulfone groups is 1. The van der Waals surface area contributed by atoms with E-state index in [1.54, 1.807) is 26.3 Å². The molecule has 0 saturated carbocycles. The number of aromatic nitrogens is 2. The number of amides is 1. The first-order valence-electron chi connectivity index (χ1n) is 10.6. The molecule has 1 aromatic heterocycles. The summed E-state index contributed by atoms with van der Waals surface area (Å²) in [7, 11) is -2.54. The van der Waals surface area contributed by atoms with Crippen molar-refractivity contribution in [3.63, 3.8) is 0 Å². The minimum Gasteiger partial charge on any atom is -0.453 e. The van der Waals surface area contributed by atoms with Crippen molar-refractivity contribution in [1.29, 1.82) is 0 Å². The van der Waals surface area contributed by atoms with Gasteiger partial charge in [0, 0.05) is 6.54 Å². The van der Waals surface area contributed by atoms with Crippen LogP contribution >= 0.6 is 0 Å². The van der Waals surface area contributed by atoms with E-state index < -0.39 is 27.4 Å². The topological polar surface area (TPSA) is 133 Å². The summed E-state index contributed by atoms with van der Waals surface area (Å²) in [6.07, 6.45) is 0.842. The molecule has 3 rings (SSSR count). The molecule has 177 valence electrons. The molecule has 0 fully saturated rings. The standard InChI is InChI=1S/C23H29N4O5S/c1-15(2)21(24-14-17(28)10-9-16-7-5-4-6-8-16)33(30,31)18-11-12-19-20(13-18)26-22(25-19)27-23(29)32-3/h4-8,10-13,15,17,21,24,28H,9,14H2,1-3H3,(H2,25,26,27,29)/t17-,21+/m1/s1. The van der Waals surface area contributed by atoms with Crippen molar-refractivity contribution in [3.8, 4) is 0 Å². The molecule has 9 nitrogen and oxygen atoms in total. The van der Waals surface area contributed by atoms with Crippen LogP contribution in [0.4, 0.5) is 10.7 Å². The third-order valence-electron chi connectivity index (χ3n) is 5.13. The summed E-state index contributed by atoms with van der Waals surface area (Å²) in [4.78, 5) is 18.6. The first-order chi connectivity index (χ1) is 15.7. The second kappa shape index (κ2) is 10.8. The number of aromatic amines is 1. The van der Waals surface area contributed by atoms with Crippen molar-refractivity contribution in [1.82, 2.24) is 15.3 Å². The number of H-pyrrole nitrogens is 1. The van der Waals surface area contributed by atoms with Gasteiger partial charge in [-0.3, -0.25) is 10.6 Å². The number of aliphatic hydroxyl groups excluding tert-OH is 1. The third-order valence-corrected chi connectivity index (χ3v) is 7.42. The first kappa shape index (κ1) is 24.7. The lowest BCUT2D eigenvalue weighted by molar-refractivity contribution is 0.186. The van der Waals surface area contributed by atoms with Gasteiger partial charge in [0.15, 0.2) is 9.84 Å². The highest BCUT2D eigenvalue weighted by Crippen LogP contribution is 2.24. The molecule has 0 saturated heterocycles. The monoisotopic (exact) mass is 473 g/mol. The van der Waals surface area contributed by atoms with Crippen LogP contribution in [-0.4, -0.2) is 54.7 Å². The normalized spacial score (nSPS) is 13.7. The lowest BCUT2D eigenvalue weighted by Crippen LogP contribution is -2.44. The fourth-order valence-electron chi connectivity index (χ4n) is 3.43. The molecular formula is C23H29N4O5S. The van der Waals surface area contributed by atoms with Gasteiger partial charge in [0.25, 0.3) is 0 Å². The van der Waals surface area contributed by atoms with E-state index in [1.807, 2.05) is 30.3 Å². The fourth-order valence-corrected chi connectivity index (χ4v) is 5.29. The molecule has 0 aliphatic heterocycles. The lowest BCUT2D eigenvalue weighted by Gasteiger charge is -2.24. The summed E-state index contributed by atoms with van der Waals surface area (Å²) in [5.41, 5.74) is 2.03. The van der Waals surface area contributed by atoms with Crippen LogP contribution in [0.5, 0.6) is 0 Å². The van der Waals surface area contributed by atoms with Crippen molar-refractivity contribution in [3.05, 3.63) is 60.5 Å². The van der Waals surface area contributed by atoms with E-state index in [1.165, 1.54) is 19.2 Å². The Hall–Kier alpha value is -2.95. The quantitative estimate of drug-likeness (QED) is 0.356. The number of nitrogens with one attached hydrogen (secondary N) is 3. The summed E-state index contributed by atoms with van der Waals surface area (Å²) in [6.45, 7) is 3.72. The summed E-state index contributed by atoms with van der Waals surface area (Å²) in [6, 6.07) is 14.3. The molecule has 4 N–H and O–H groups in total. The van der Waals surface area contributed by atoms with E-state index in [-0.39, 0.29) is 23.3 Å². The predicted octanol–water partition coefficient (Wildman–Crippen LogP) is 2.89. The van der Waals surface area contributed by atoms with Crippen molar-refractivity contribution in [2.75, 3.05) is 19.0 Å². The van der Waals surface area contributed by atoms with Crippen molar-refractivity contribution in [2.45, 2.75) is 36.6 Å². The number of anilines is 1. The molecule has 2 atom stereocenters. The number of ether oxygens (including phenoxy) is 1. The van der Waals surface area contributed by atoms with E-state index >= 15 is 0 Å². The van der Waals surface area contributed by atoms with Crippen LogP contribution in [0.15, 0.2) is 53.4 Å². The van der Waals surface area contributed by atoms with Crippen molar-refractivity contribution >= 4 is 32.9 Å². The molecule has 0 unspecified atom stereocenters. The number of hydrogen-bond acceptors (Lipinski definition) is 7. The molecule has 3 aromatic rings. The van der Waals surface area contributed by atoms with Crippen molar-refractivity contribution in [2.24, 2.45) is 5.92 Å². The summed E-state index contributed by atoms with van der Waals surface area (Å²) >= 11 is 0. The fraction of sp³-hybridized carbons (Fsp3) is 0.348. The Kier molecular flexibility index (Phi) is 8.06. The van der Waals surface area contributed by atoms with Gasteiger partial charge in [-0.15, -0.1) is 0 Å². The van der Waals surface area contributed by atoms with Crippen LogP contribution in [0.25, 0.3) is 11.0 Å². The van der Waals surface area contributed by atoms with Crippen LogP contribution in [0.1, 0.15) is 19.4 Å². The van der Waals surface area contributed by atoms with E-state index in [0.29, 0.717) is 17.5 Å². The molecule has 1 amide bonds. The zero-order valence-electron chi connectivity index (χ0n) is 18.8. The number of benzene rings is 2. The van der Waals surface area contributed by atoms with E-state index in [9.17, 15) is 18.3 Å². The molecule has 1 heterocycles. The molecule has 0 aliphatic rings. The lowest BCUT2D eigenvalue weighted by atomic mass is 10.1. The molecule has 0 aliphatic carbocycles. The Morgan fingerprint density at radius 3 is 2.61 bits per heavy atom. The van der Waals surface area contributed by atoms with Crippen LogP contribution in [-0.2, 0) is 21.0 Å². The van der Waals surface area contributed by atoms with Gasteiger partial charge in [-0.2, -0.15) is 0 Å². The number of fused-ring (bicyclic) bond motifs is 1. The zero-order valence-corrected chi connectivity index (χ0v) is 19.6. The molecular weight excluding hydrogens is 444 g/mol. The van der Waals surface area contributed by atoms with Gasteiger partial charge in [0.2, 0.25) is 5.95 Å². The Balaban J connectivity index is 1.70. The van der Waals surface area contributed by atoms with Gasteiger partial charge in [-0.1, -0.05) is 44.2 Å². The Bertz CT molecular complexity index is 1180. The maximum Gasteiger partial charge on any atom is 0.413 e. The SMILES string of the molecule is COC(=O)Nc1nc2cc(S(=O)(=O)[C@H](NC[C@H](O)[CH]Cc3ccccc3)C(C)C)ccc2[nH]1. The maximum absolute atomic E-state index is 13.4. The molecule has 10 heteroatoms. The van der Waals surface area contributed by atoms with Gasteiger partial charge < -0.3 is 14.8 Å². The van der Waals surface area contributed by atoms with Gasteiger partial charge in [0.1, 0.15) is 5.37 Å².